The molecule has 6 heteroatoms. The van der Waals surface area contributed by atoms with Gasteiger partial charge in [-0.1, -0.05) is 0 Å². The van der Waals surface area contributed by atoms with Crippen molar-refractivity contribution in [2.24, 2.45) is 0 Å². The monoisotopic (exact) mass is 204 g/mol. The fraction of sp³-hybridized carbons (Fsp3) is 0. The Labute approximate surface area is 84.8 Å². The second-order valence-electron chi connectivity index (χ2n) is 2.87. The van der Waals surface area contributed by atoms with Crippen LogP contribution >= 0.6 is 0 Å². The van der Waals surface area contributed by atoms with E-state index in [0.29, 0.717) is 17.1 Å². The summed E-state index contributed by atoms with van der Waals surface area (Å²) in [6.45, 7) is 0. The van der Waals surface area contributed by atoms with Crippen LogP contribution in [0, 0.1) is 0 Å². The van der Waals surface area contributed by atoms with Crippen LogP contribution in [0.1, 0.15) is 10.5 Å². The number of nitrogen functional groups attached to an aromatic ring is 1. The van der Waals surface area contributed by atoms with Crippen LogP contribution in [0.15, 0.2) is 24.7 Å². The highest BCUT2D eigenvalue weighted by Crippen LogP contribution is 2.25. The average Bonchev–Trinajstić information content (AvgIpc) is 2.61. The first-order valence-corrected chi connectivity index (χ1v) is 4.17. The van der Waals surface area contributed by atoms with E-state index in [1.165, 1.54) is 18.6 Å². The van der Waals surface area contributed by atoms with E-state index in [0.717, 1.165) is 0 Å². The summed E-state index contributed by atoms with van der Waals surface area (Å²) in [6.07, 6.45) is 4.47. The summed E-state index contributed by atoms with van der Waals surface area (Å²) in [7, 11) is 0. The molecule has 0 saturated carbocycles. The maximum Gasteiger partial charge on any atom is 0.353 e. The van der Waals surface area contributed by atoms with Gasteiger partial charge in [0.15, 0.2) is 5.82 Å². The molecule has 6 nitrogen and oxygen atoms in total. The van der Waals surface area contributed by atoms with E-state index in [2.05, 4.69) is 15.0 Å². The van der Waals surface area contributed by atoms with Crippen LogP contribution in [-0.2, 0) is 0 Å². The van der Waals surface area contributed by atoms with Gasteiger partial charge < -0.3 is 15.8 Å². The van der Waals surface area contributed by atoms with Crippen molar-refractivity contribution in [3.63, 3.8) is 0 Å². The lowest BCUT2D eigenvalue weighted by Gasteiger charge is -1.99. The molecule has 0 unspecified atom stereocenters. The van der Waals surface area contributed by atoms with E-state index in [1.807, 2.05) is 0 Å². The summed E-state index contributed by atoms with van der Waals surface area (Å²) in [5.74, 6) is -0.789. The molecule has 0 amide bonds. The van der Waals surface area contributed by atoms with Gasteiger partial charge in [0.2, 0.25) is 0 Å². The molecule has 0 aliphatic carbocycles. The first kappa shape index (κ1) is 9.20. The zero-order valence-electron chi connectivity index (χ0n) is 7.64. The molecular formula is C9H8N4O2. The lowest BCUT2D eigenvalue weighted by molar-refractivity contribution is 0.0692. The van der Waals surface area contributed by atoms with Gasteiger partial charge in [-0.25, -0.2) is 14.8 Å². The molecule has 0 radical (unpaired) electrons. The Kier molecular flexibility index (Phi) is 2.09. The van der Waals surface area contributed by atoms with Crippen LogP contribution < -0.4 is 5.73 Å². The number of aromatic carboxylic acids is 1. The third-order valence-corrected chi connectivity index (χ3v) is 1.91. The van der Waals surface area contributed by atoms with Crippen LogP contribution in [0.5, 0.6) is 0 Å². The molecule has 0 fully saturated rings. The first-order valence-electron chi connectivity index (χ1n) is 4.17. The second-order valence-corrected chi connectivity index (χ2v) is 2.87. The highest BCUT2D eigenvalue weighted by atomic mass is 16.4. The molecule has 0 atom stereocenters. The summed E-state index contributed by atoms with van der Waals surface area (Å²) in [5.41, 5.74) is 6.28. The highest BCUT2D eigenvalue weighted by Gasteiger charge is 2.18. The largest absolute Gasteiger partial charge is 0.477 e. The number of aromatic amines is 1. The van der Waals surface area contributed by atoms with Gasteiger partial charge in [0.05, 0.1) is 11.3 Å². The zero-order valence-corrected chi connectivity index (χ0v) is 7.64. The fourth-order valence-electron chi connectivity index (χ4n) is 1.28. The van der Waals surface area contributed by atoms with Gasteiger partial charge in [-0.2, -0.15) is 0 Å². The van der Waals surface area contributed by atoms with E-state index < -0.39 is 5.97 Å². The molecular weight excluding hydrogens is 196 g/mol. The molecule has 15 heavy (non-hydrogen) atoms. The number of hydrogen-bond acceptors (Lipinski definition) is 4. The number of hydrogen-bond donors (Lipinski definition) is 3. The minimum atomic E-state index is -1.09. The van der Waals surface area contributed by atoms with Crippen molar-refractivity contribution >= 4 is 11.7 Å². The SMILES string of the molecule is Nc1c[nH]c(C(=O)O)c1-c1ncccn1. The van der Waals surface area contributed by atoms with E-state index in [9.17, 15) is 4.79 Å². The predicted octanol–water partition coefficient (Wildman–Crippen LogP) is 0.752. The van der Waals surface area contributed by atoms with E-state index in [4.69, 9.17) is 10.8 Å². The normalized spacial score (nSPS) is 10.1. The Morgan fingerprint density at radius 2 is 2.07 bits per heavy atom. The lowest BCUT2D eigenvalue weighted by atomic mass is 10.2. The maximum atomic E-state index is 10.9. The minimum Gasteiger partial charge on any atom is -0.477 e. The topological polar surface area (TPSA) is 105 Å². The Morgan fingerprint density at radius 3 is 2.67 bits per heavy atom. The molecule has 0 bridgehead atoms. The predicted molar refractivity (Wildman–Crippen MR) is 53.2 cm³/mol. The molecule has 2 aromatic rings. The number of aromatic nitrogens is 3. The third-order valence-electron chi connectivity index (χ3n) is 1.91. The molecule has 0 aliphatic rings. The van der Waals surface area contributed by atoms with Crippen molar-refractivity contribution < 1.29 is 9.90 Å². The molecule has 4 N–H and O–H groups in total. The van der Waals surface area contributed by atoms with Crippen molar-refractivity contribution in [3.8, 4) is 11.4 Å². The van der Waals surface area contributed by atoms with Gasteiger partial charge in [0.25, 0.3) is 0 Å². The Balaban J connectivity index is 2.62. The van der Waals surface area contributed by atoms with Gasteiger partial charge in [-0.3, -0.25) is 0 Å². The molecule has 0 aliphatic heterocycles. The van der Waals surface area contributed by atoms with Crippen molar-refractivity contribution in [2.45, 2.75) is 0 Å². The van der Waals surface area contributed by atoms with Crippen molar-refractivity contribution in [3.05, 3.63) is 30.4 Å². The van der Waals surface area contributed by atoms with E-state index >= 15 is 0 Å². The Bertz CT molecular complexity index is 492. The van der Waals surface area contributed by atoms with E-state index in [1.54, 1.807) is 6.07 Å². The van der Waals surface area contributed by atoms with Gasteiger partial charge in [-0.05, 0) is 6.07 Å². The third kappa shape index (κ3) is 1.52. The Morgan fingerprint density at radius 1 is 1.40 bits per heavy atom. The van der Waals surface area contributed by atoms with Crippen LogP contribution in [0.2, 0.25) is 0 Å². The molecule has 2 heterocycles. The first-order chi connectivity index (χ1) is 7.20. The summed E-state index contributed by atoms with van der Waals surface area (Å²) in [5, 5.41) is 8.90. The minimum absolute atomic E-state index is 0.00120. The van der Waals surface area contributed by atoms with E-state index in [-0.39, 0.29) is 5.69 Å². The summed E-state index contributed by atoms with van der Waals surface area (Å²) >= 11 is 0. The Hall–Kier alpha value is -2.37. The standard InChI is InChI=1S/C9H8N4O2/c10-5-4-13-7(9(14)15)6(5)8-11-2-1-3-12-8/h1-4,13H,10H2,(H,14,15). The van der Waals surface area contributed by atoms with Gasteiger partial charge in [0.1, 0.15) is 5.69 Å². The van der Waals surface area contributed by atoms with Crippen LogP contribution in [-0.4, -0.2) is 26.0 Å². The van der Waals surface area contributed by atoms with Crippen molar-refractivity contribution in [1.29, 1.82) is 0 Å². The number of nitrogens with zero attached hydrogens (tertiary/aromatic N) is 2. The van der Waals surface area contributed by atoms with Gasteiger partial charge in [0, 0.05) is 18.6 Å². The quantitative estimate of drug-likeness (QED) is 0.669. The zero-order chi connectivity index (χ0) is 10.8. The number of anilines is 1. The number of nitrogens with two attached hydrogens (primary N) is 1. The van der Waals surface area contributed by atoms with Gasteiger partial charge in [-0.15, -0.1) is 0 Å². The number of H-pyrrole nitrogens is 1. The number of carboxylic acid groups (broad SMARTS) is 1. The number of nitrogens with one attached hydrogen (secondary N) is 1. The summed E-state index contributed by atoms with van der Waals surface area (Å²) in [6, 6.07) is 1.65. The number of rotatable bonds is 2. The van der Waals surface area contributed by atoms with Crippen molar-refractivity contribution in [2.75, 3.05) is 5.73 Å². The van der Waals surface area contributed by atoms with Crippen molar-refractivity contribution in [1.82, 2.24) is 15.0 Å². The maximum absolute atomic E-state index is 10.9. The van der Waals surface area contributed by atoms with Crippen LogP contribution in [0.4, 0.5) is 5.69 Å². The molecule has 0 saturated heterocycles. The van der Waals surface area contributed by atoms with Crippen LogP contribution in [0.3, 0.4) is 0 Å². The molecule has 0 spiro atoms. The molecule has 76 valence electrons. The average molecular weight is 204 g/mol. The number of carboxylic acids is 1. The molecule has 2 rings (SSSR count). The molecule has 2 aromatic heterocycles. The van der Waals surface area contributed by atoms with Gasteiger partial charge >= 0.3 is 5.97 Å². The molecule has 0 aromatic carbocycles. The summed E-state index contributed by atoms with van der Waals surface area (Å²) < 4.78 is 0. The lowest BCUT2D eigenvalue weighted by Crippen LogP contribution is -2.01. The fourth-order valence-corrected chi connectivity index (χ4v) is 1.28. The van der Waals surface area contributed by atoms with Crippen LogP contribution in [0.25, 0.3) is 11.4 Å². The number of carbonyl (C=O) groups is 1. The summed E-state index contributed by atoms with van der Waals surface area (Å²) in [4.78, 5) is 21.3. The second kappa shape index (κ2) is 3.41. The smallest absolute Gasteiger partial charge is 0.353 e. The highest BCUT2D eigenvalue weighted by molar-refractivity contribution is 5.97.